The molecule has 1 aromatic heterocycles. The number of nitrogens with zero attached hydrogens (tertiary/aromatic N) is 2. The van der Waals surface area contributed by atoms with Gasteiger partial charge < -0.3 is 9.47 Å². The summed E-state index contributed by atoms with van der Waals surface area (Å²) in [6.45, 7) is 5.51. The Labute approximate surface area is 134 Å². The van der Waals surface area contributed by atoms with Crippen LogP contribution in [0.1, 0.15) is 18.3 Å². The lowest BCUT2D eigenvalue weighted by molar-refractivity contribution is -0.132. The van der Waals surface area contributed by atoms with E-state index in [0.29, 0.717) is 17.4 Å². The maximum absolute atomic E-state index is 12.3. The van der Waals surface area contributed by atoms with Gasteiger partial charge in [0.2, 0.25) is 12.1 Å². The van der Waals surface area contributed by atoms with Gasteiger partial charge in [-0.2, -0.15) is 0 Å². The molecule has 0 unspecified atom stereocenters. The number of aromatic nitrogens is 2. The molecule has 2 heterocycles. The number of nitrogens with one attached hydrogen (secondary N) is 2. The molecule has 0 bridgehead atoms. The number of hydrogen-bond donors (Lipinski definition) is 2. The Balaban J connectivity index is 1.66. The third-order valence-electron chi connectivity index (χ3n) is 3.38. The lowest BCUT2D eigenvalue weighted by Crippen LogP contribution is -2.50. The molecule has 0 aliphatic carbocycles. The van der Waals surface area contributed by atoms with Gasteiger partial charge in [0.05, 0.1) is 0 Å². The summed E-state index contributed by atoms with van der Waals surface area (Å²) >= 11 is 0. The smallest absolute Gasteiger partial charge is 0.283 e. The van der Waals surface area contributed by atoms with Crippen molar-refractivity contribution in [2.75, 3.05) is 5.43 Å². The second-order valence-corrected chi connectivity index (χ2v) is 5.40. The summed E-state index contributed by atoms with van der Waals surface area (Å²) in [4.78, 5) is 20.7. The highest BCUT2D eigenvalue weighted by molar-refractivity contribution is 5.83. The molecule has 2 atom stereocenters. The van der Waals surface area contributed by atoms with Crippen molar-refractivity contribution < 1.29 is 14.3 Å². The van der Waals surface area contributed by atoms with Gasteiger partial charge in [0.1, 0.15) is 6.10 Å². The van der Waals surface area contributed by atoms with Crippen LogP contribution in [-0.4, -0.2) is 28.1 Å². The molecule has 1 amide bonds. The van der Waals surface area contributed by atoms with Gasteiger partial charge in [-0.05, 0) is 39.0 Å². The van der Waals surface area contributed by atoms with E-state index in [1.54, 1.807) is 13.0 Å². The van der Waals surface area contributed by atoms with Crippen molar-refractivity contribution in [3.05, 3.63) is 41.7 Å². The minimum absolute atomic E-state index is 0.334. The van der Waals surface area contributed by atoms with Crippen LogP contribution >= 0.6 is 0 Å². The standard InChI is InChI=1S/C16H18N4O3/c1-9-8-10(2)18-16(17-9)20-19-15(21)14-11(3)22-12-6-4-5-7-13(12)23-14/h4-8,11,14H,1-3H3,(H,19,21)(H,17,18,20)/t11-,14-/m1/s1. The molecule has 3 rings (SSSR count). The first-order valence-electron chi connectivity index (χ1n) is 7.33. The van der Waals surface area contributed by atoms with Crippen LogP contribution in [0, 0.1) is 13.8 Å². The van der Waals surface area contributed by atoms with Crippen LogP contribution in [-0.2, 0) is 4.79 Å². The predicted octanol–water partition coefficient (Wildman–Crippen LogP) is 1.77. The molecule has 7 heteroatoms. The topological polar surface area (TPSA) is 85.4 Å². The third-order valence-corrected chi connectivity index (χ3v) is 3.38. The molecule has 1 aliphatic heterocycles. The van der Waals surface area contributed by atoms with Crippen molar-refractivity contribution in [3.63, 3.8) is 0 Å². The number of rotatable bonds is 3. The average molecular weight is 314 g/mol. The van der Waals surface area contributed by atoms with Crippen molar-refractivity contribution in [1.82, 2.24) is 15.4 Å². The van der Waals surface area contributed by atoms with Gasteiger partial charge in [0.25, 0.3) is 5.91 Å². The maximum atomic E-state index is 12.3. The van der Waals surface area contributed by atoms with Crippen molar-refractivity contribution in [2.24, 2.45) is 0 Å². The van der Waals surface area contributed by atoms with E-state index in [1.165, 1.54) is 0 Å². The molecular formula is C16H18N4O3. The Morgan fingerprint density at radius 1 is 1.09 bits per heavy atom. The van der Waals surface area contributed by atoms with Gasteiger partial charge in [0.15, 0.2) is 11.5 Å². The van der Waals surface area contributed by atoms with Crippen molar-refractivity contribution >= 4 is 11.9 Å². The van der Waals surface area contributed by atoms with E-state index in [9.17, 15) is 4.79 Å². The minimum atomic E-state index is -0.761. The molecule has 1 aromatic carbocycles. The first-order valence-corrected chi connectivity index (χ1v) is 7.33. The molecule has 0 radical (unpaired) electrons. The van der Waals surface area contributed by atoms with E-state index in [4.69, 9.17) is 9.47 Å². The van der Waals surface area contributed by atoms with E-state index in [1.807, 2.05) is 38.1 Å². The number of para-hydroxylation sites is 2. The highest BCUT2D eigenvalue weighted by atomic mass is 16.6. The summed E-state index contributed by atoms with van der Waals surface area (Å²) in [7, 11) is 0. The van der Waals surface area contributed by atoms with E-state index in [-0.39, 0.29) is 5.91 Å². The third kappa shape index (κ3) is 3.33. The summed E-state index contributed by atoms with van der Waals surface area (Å²) in [6.07, 6.45) is -1.17. The second kappa shape index (κ2) is 6.12. The Bertz CT molecular complexity index is 715. The fraction of sp³-hybridized carbons (Fsp3) is 0.312. The Kier molecular flexibility index (Phi) is 4.01. The highest BCUT2D eigenvalue weighted by Crippen LogP contribution is 2.33. The first-order chi connectivity index (χ1) is 11.0. The molecule has 120 valence electrons. The fourth-order valence-corrected chi connectivity index (χ4v) is 2.38. The number of hydrogen-bond acceptors (Lipinski definition) is 6. The second-order valence-electron chi connectivity index (χ2n) is 5.40. The van der Waals surface area contributed by atoms with Gasteiger partial charge in [-0.3, -0.25) is 15.6 Å². The van der Waals surface area contributed by atoms with Crippen LogP contribution in [0.2, 0.25) is 0 Å². The molecule has 0 fully saturated rings. The number of carbonyl (C=O) groups is 1. The van der Waals surface area contributed by atoms with Crippen molar-refractivity contribution in [1.29, 1.82) is 0 Å². The number of carbonyl (C=O) groups excluding carboxylic acids is 1. The molecule has 7 nitrogen and oxygen atoms in total. The van der Waals surface area contributed by atoms with Gasteiger partial charge in [-0.1, -0.05) is 12.1 Å². The number of amides is 1. The molecule has 2 N–H and O–H groups in total. The molecular weight excluding hydrogens is 296 g/mol. The zero-order valence-corrected chi connectivity index (χ0v) is 13.2. The minimum Gasteiger partial charge on any atom is -0.482 e. The molecule has 23 heavy (non-hydrogen) atoms. The van der Waals surface area contributed by atoms with Gasteiger partial charge in [-0.25, -0.2) is 9.97 Å². The van der Waals surface area contributed by atoms with Crippen molar-refractivity contribution in [2.45, 2.75) is 33.0 Å². The van der Waals surface area contributed by atoms with E-state index in [2.05, 4.69) is 20.8 Å². The number of benzene rings is 1. The number of aryl methyl sites for hydroxylation is 2. The maximum Gasteiger partial charge on any atom is 0.283 e. The summed E-state index contributed by atoms with van der Waals surface area (Å²) < 4.78 is 11.4. The van der Waals surface area contributed by atoms with E-state index < -0.39 is 12.2 Å². The molecule has 1 aliphatic rings. The Hall–Kier alpha value is -2.83. The van der Waals surface area contributed by atoms with Crippen LogP contribution in [0.25, 0.3) is 0 Å². The number of ether oxygens (including phenoxy) is 2. The molecule has 0 saturated carbocycles. The van der Waals surface area contributed by atoms with Crippen LogP contribution in [0.5, 0.6) is 11.5 Å². The highest BCUT2D eigenvalue weighted by Gasteiger charge is 2.34. The predicted molar refractivity (Wildman–Crippen MR) is 84.2 cm³/mol. The molecule has 0 saturated heterocycles. The van der Waals surface area contributed by atoms with Crippen molar-refractivity contribution in [3.8, 4) is 11.5 Å². The molecule has 2 aromatic rings. The first kappa shape index (κ1) is 15.1. The van der Waals surface area contributed by atoms with Gasteiger partial charge in [0, 0.05) is 11.4 Å². The molecule has 0 spiro atoms. The summed E-state index contributed by atoms with van der Waals surface area (Å²) in [5, 5.41) is 0. The van der Waals surface area contributed by atoms with Crippen LogP contribution in [0.3, 0.4) is 0 Å². The SMILES string of the molecule is Cc1cc(C)nc(NNC(=O)[C@@H]2Oc3ccccc3O[C@@H]2C)n1. The summed E-state index contributed by atoms with van der Waals surface area (Å²) in [6, 6.07) is 9.11. The van der Waals surface area contributed by atoms with Crippen LogP contribution in [0.15, 0.2) is 30.3 Å². The zero-order chi connectivity index (χ0) is 16.4. The van der Waals surface area contributed by atoms with Crippen LogP contribution in [0.4, 0.5) is 5.95 Å². The zero-order valence-electron chi connectivity index (χ0n) is 13.2. The average Bonchev–Trinajstić information content (AvgIpc) is 2.51. The van der Waals surface area contributed by atoms with E-state index in [0.717, 1.165) is 11.4 Å². The summed E-state index contributed by atoms with van der Waals surface area (Å²) in [5.41, 5.74) is 6.90. The fourth-order valence-electron chi connectivity index (χ4n) is 2.38. The number of anilines is 1. The monoisotopic (exact) mass is 314 g/mol. The lowest BCUT2D eigenvalue weighted by atomic mass is 10.1. The van der Waals surface area contributed by atoms with E-state index >= 15 is 0 Å². The normalized spacial score (nSPS) is 19.1. The van der Waals surface area contributed by atoms with Gasteiger partial charge >= 0.3 is 0 Å². The quantitative estimate of drug-likeness (QED) is 0.840. The van der Waals surface area contributed by atoms with Crippen LogP contribution < -0.4 is 20.3 Å². The Morgan fingerprint density at radius 3 is 2.35 bits per heavy atom. The number of hydrazine groups is 1. The largest absolute Gasteiger partial charge is 0.482 e. The number of fused-ring (bicyclic) bond motifs is 1. The Morgan fingerprint density at radius 2 is 1.70 bits per heavy atom. The lowest BCUT2D eigenvalue weighted by Gasteiger charge is -2.30. The van der Waals surface area contributed by atoms with Gasteiger partial charge in [-0.15, -0.1) is 0 Å². The summed E-state index contributed by atoms with van der Waals surface area (Å²) in [5.74, 6) is 1.17.